The fraction of sp³-hybridized carbons (Fsp3) is 0.533. The summed E-state index contributed by atoms with van der Waals surface area (Å²) < 4.78 is 10.4. The van der Waals surface area contributed by atoms with E-state index in [4.69, 9.17) is 9.47 Å². The fourth-order valence-electron chi connectivity index (χ4n) is 2.27. The number of benzene rings is 1. The Kier molecular flexibility index (Phi) is 4.98. The van der Waals surface area contributed by atoms with Gasteiger partial charge in [-0.3, -0.25) is 5.32 Å². The lowest BCUT2D eigenvalue weighted by Gasteiger charge is -2.19. The van der Waals surface area contributed by atoms with Crippen molar-refractivity contribution in [3.8, 4) is 5.75 Å². The maximum atomic E-state index is 12.0. The molecule has 1 unspecified atom stereocenters. The minimum Gasteiger partial charge on any atom is -0.493 e. The highest BCUT2D eigenvalue weighted by Crippen LogP contribution is 2.28. The average Bonchev–Trinajstić information content (AvgIpc) is 2.89. The Hall–Kier alpha value is -1.59. The predicted octanol–water partition coefficient (Wildman–Crippen LogP) is 0.987. The van der Waals surface area contributed by atoms with Gasteiger partial charge in [0.2, 0.25) is 0 Å². The lowest BCUT2D eigenvalue weighted by molar-refractivity contribution is -0.143. The molecular formula is C15H22N2O3. The summed E-state index contributed by atoms with van der Waals surface area (Å²) >= 11 is 0. The van der Waals surface area contributed by atoms with Crippen LogP contribution in [0.4, 0.5) is 0 Å². The monoisotopic (exact) mass is 278 g/mol. The lowest BCUT2D eigenvalue weighted by atomic mass is 10.0. The fourth-order valence-corrected chi connectivity index (χ4v) is 2.27. The molecule has 1 aliphatic rings. The second-order valence-corrected chi connectivity index (χ2v) is 5.18. The molecule has 0 fully saturated rings. The molecule has 110 valence electrons. The number of rotatable bonds is 6. The highest BCUT2D eigenvalue weighted by atomic mass is 16.5. The Bertz CT molecular complexity index is 474. The highest BCUT2D eigenvalue weighted by molar-refractivity contribution is 5.77. The van der Waals surface area contributed by atoms with Crippen LogP contribution in [0, 0.1) is 0 Å². The molecule has 2 rings (SSSR count). The van der Waals surface area contributed by atoms with Gasteiger partial charge in [0.1, 0.15) is 11.8 Å². The van der Waals surface area contributed by atoms with E-state index in [1.807, 2.05) is 32.3 Å². The molecule has 20 heavy (non-hydrogen) atoms. The van der Waals surface area contributed by atoms with E-state index in [9.17, 15) is 4.79 Å². The van der Waals surface area contributed by atoms with Gasteiger partial charge in [0.25, 0.3) is 0 Å². The average molecular weight is 278 g/mol. The van der Waals surface area contributed by atoms with E-state index in [2.05, 4.69) is 10.2 Å². The largest absolute Gasteiger partial charge is 0.493 e. The molecule has 1 heterocycles. The number of ether oxygens (including phenoxy) is 2. The van der Waals surface area contributed by atoms with Crippen molar-refractivity contribution in [2.45, 2.75) is 12.5 Å². The number of hydrogen-bond donors (Lipinski definition) is 1. The van der Waals surface area contributed by atoms with Gasteiger partial charge in [-0.25, -0.2) is 4.79 Å². The first-order valence-electron chi connectivity index (χ1n) is 6.83. The second-order valence-electron chi connectivity index (χ2n) is 5.18. The van der Waals surface area contributed by atoms with Gasteiger partial charge in [-0.15, -0.1) is 0 Å². The highest BCUT2D eigenvalue weighted by Gasteiger charge is 2.23. The molecule has 0 saturated heterocycles. The van der Waals surface area contributed by atoms with Crippen molar-refractivity contribution in [1.82, 2.24) is 10.2 Å². The van der Waals surface area contributed by atoms with Crippen molar-refractivity contribution in [3.63, 3.8) is 0 Å². The number of carbonyl (C=O) groups is 1. The maximum absolute atomic E-state index is 12.0. The summed E-state index contributed by atoms with van der Waals surface area (Å²) in [4.78, 5) is 14.0. The third-order valence-corrected chi connectivity index (χ3v) is 3.39. The summed E-state index contributed by atoms with van der Waals surface area (Å²) in [5.74, 6) is 0.660. The zero-order valence-corrected chi connectivity index (χ0v) is 12.3. The van der Waals surface area contributed by atoms with Crippen molar-refractivity contribution in [2.24, 2.45) is 0 Å². The Balaban J connectivity index is 2.11. The van der Waals surface area contributed by atoms with Crippen molar-refractivity contribution in [1.29, 1.82) is 0 Å². The molecule has 1 atom stereocenters. The third kappa shape index (κ3) is 3.49. The van der Waals surface area contributed by atoms with Crippen LogP contribution in [0.1, 0.15) is 17.2 Å². The Morgan fingerprint density at radius 2 is 2.30 bits per heavy atom. The lowest BCUT2D eigenvalue weighted by Crippen LogP contribution is -2.34. The molecule has 0 radical (unpaired) electrons. The Labute approximate surface area is 119 Å². The van der Waals surface area contributed by atoms with Gasteiger partial charge in [0.05, 0.1) is 13.7 Å². The first-order chi connectivity index (χ1) is 9.61. The van der Waals surface area contributed by atoms with Crippen LogP contribution in [-0.4, -0.2) is 51.8 Å². The molecule has 1 N–H and O–H groups in total. The topological polar surface area (TPSA) is 50.8 Å². The number of likely N-dealkylation sites (N-methyl/N-ethyl adjacent to an activating group) is 1. The summed E-state index contributed by atoms with van der Waals surface area (Å²) in [7, 11) is 5.42. The normalized spacial score (nSPS) is 14.8. The van der Waals surface area contributed by atoms with E-state index in [0.717, 1.165) is 43.0 Å². The number of carbonyl (C=O) groups excluding carboxylic acids is 1. The maximum Gasteiger partial charge on any atom is 0.327 e. The van der Waals surface area contributed by atoms with E-state index >= 15 is 0 Å². The van der Waals surface area contributed by atoms with E-state index in [1.165, 1.54) is 7.11 Å². The second kappa shape index (κ2) is 6.72. The molecule has 5 nitrogen and oxygen atoms in total. The number of nitrogens with one attached hydrogen (secondary N) is 1. The van der Waals surface area contributed by atoms with Gasteiger partial charge >= 0.3 is 5.97 Å². The minimum absolute atomic E-state index is 0.261. The molecule has 1 aliphatic heterocycles. The van der Waals surface area contributed by atoms with E-state index in [1.54, 1.807) is 0 Å². The van der Waals surface area contributed by atoms with Gasteiger partial charge in [-0.1, -0.05) is 6.07 Å². The van der Waals surface area contributed by atoms with Crippen molar-refractivity contribution < 1.29 is 14.3 Å². The first-order valence-corrected chi connectivity index (χ1v) is 6.83. The zero-order valence-electron chi connectivity index (χ0n) is 12.3. The van der Waals surface area contributed by atoms with Crippen LogP contribution in [0.3, 0.4) is 0 Å². The molecule has 0 amide bonds. The van der Waals surface area contributed by atoms with Crippen LogP contribution in [0.5, 0.6) is 5.75 Å². The van der Waals surface area contributed by atoms with E-state index < -0.39 is 6.04 Å². The van der Waals surface area contributed by atoms with Crippen LogP contribution in [-0.2, 0) is 16.0 Å². The third-order valence-electron chi connectivity index (χ3n) is 3.39. The van der Waals surface area contributed by atoms with Crippen LogP contribution in [0.15, 0.2) is 18.2 Å². The van der Waals surface area contributed by atoms with Gasteiger partial charge < -0.3 is 14.4 Å². The number of methoxy groups -OCH3 is 1. The summed E-state index contributed by atoms with van der Waals surface area (Å²) in [6.07, 6.45) is 0.898. The van der Waals surface area contributed by atoms with Crippen LogP contribution < -0.4 is 10.1 Å². The molecule has 0 aromatic heterocycles. The van der Waals surface area contributed by atoms with Crippen molar-refractivity contribution in [3.05, 3.63) is 29.3 Å². The van der Waals surface area contributed by atoms with Gasteiger partial charge in [0, 0.05) is 19.5 Å². The van der Waals surface area contributed by atoms with Crippen LogP contribution in [0.2, 0.25) is 0 Å². The van der Waals surface area contributed by atoms with Gasteiger partial charge in [-0.05, 0) is 37.4 Å². The van der Waals surface area contributed by atoms with Crippen LogP contribution >= 0.6 is 0 Å². The number of fused-ring (bicyclic) bond motifs is 1. The molecular weight excluding hydrogens is 256 g/mol. The van der Waals surface area contributed by atoms with Gasteiger partial charge in [0.15, 0.2) is 0 Å². The van der Waals surface area contributed by atoms with Crippen molar-refractivity contribution in [2.75, 3.05) is 40.9 Å². The SMILES string of the molecule is COC(=O)C(NCCN(C)C)c1ccc2c(c1)CCO2. The molecule has 0 spiro atoms. The first kappa shape index (κ1) is 14.8. The number of esters is 1. The summed E-state index contributed by atoms with van der Waals surface area (Å²) in [6, 6.07) is 5.47. The van der Waals surface area contributed by atoms with Crippen LogP contribution in [0.25, 0.3) is 0 Å². The van der Waals surface area contributed by atoms with E-state index in [-0.39, 0.29) is 5.97 Å². The summed E-state index contributed by atoms with van der Waals surface area (Å²) in [5.41, 5.74) is 2.09. The summed E-state index contributed by atoms with van der Waals surface area (Å²) in [5, 5.41) is 3.25. The van der Waals surface area contributed by atoms with E-state index in [0.29, 0.717) is 0 Å². The molecule has 1 aromatic rings. The molecule has 5 heteroatoms. The number of nitrogens with zero attached hydrogens (tertiary/aromatic N) is 1. The summed E-state index contributed by atoms with van der Waals surface area (Å²) in [6.45, 7) is 2.30. The molecule has 1 aromatic carbocycles. The predicted molar refractivity (Wildman–Crippen MR) is 77.0 cm³/mol. The smallest absolute Gasteiger partial charge is 0.327 e. The van der Waals surface area contributed by atoms with Gasteiger partial charge in [-0.2, -0.15) is 0 Å². The van der Waals surface area contributed by atoms with Crippen molar-refractivity contribution >= 4 is 5.97 Å². The number of hydrogen-bond acceptors (Lipinski definition) is 5. The quantitative estimate of drug-likeness (QED) is 0.786. The molecule has 0 bridgehead atoms. The Morgan fingerprint density at radius 1 is 1.50 bits per heavy atom. The standard InChI is InChI=1S/C15H22N2O3/c1-17(2)8-7-16-14(15(18)19-3)12-4-5-13-11(10-12)6-9-20-13/h4-5,10,14,16H,6-9H2,1-3H3. The minimum atomic E-state index is -0.425. The molecule has 0 saturated carbocycles. The Morgan fingerprint density at radius 3 is 3.00 bits per heavy atom. The zero-order chi connectivity index (χ0) is 14.5. The molecule has 0 aliphatic carbocycles.